The number of rotatable bonds is 0. The zero-order valence-corrected chi connectivity index (χ0v) is 4.35. The molecule has 0 bridgehead atoms. The topological polar surface area (TPSA) is 29.3 Å². The summed E-state index contributed by atoms with van der Waals surface area (Å²) >= 11 is 0. The molecule has 1 fully saturated rings. The number of hydrogen-bond acceptors (Lipinski definition) is 2. The van der Waals surface area contributed by atoms with Crippen LogP contribution in [-0.4, -0.2) is 30.4 Å². The van der Waals surface area contributed by atoms with E-state index in [9.17, 15) is 8.78 Å². The summed E-state index contributed by atoms with van der Waals surface area (Å²) in [7, 11) is 0. The van der Waals surface area contributed by atoms with E-state index in [0.29, 0.717) is 0 Å². The average molecular weight is 122 g/mol. The van der Waals surface area contributed by atoms with Crippen molar-refractivity contribution in [1.29, 1.82) is 0 Å². The highest BCUT2D eigenvalue weighted by atomic mass is 19.2. The van der Waals surface area contributed by atoms with Gasteiger partial charge in [-0.1, -0.05) is 0 Å². The molecular weight excluding hydrogens is 114 g/mol. The molecule has 0 amide bonds. The van der Waals surface area contributed by atoms with Gasteiger partial charge in [0.2, 0.25) is 0 Å². The van der Waals surface area contributed by atoms with E-state index in [2.05, 4.69) is 0 Å². The fourth-order valence-electron chi connectivity index (χ4n) is 0.751. The highest BCUT2D eigenvalue weighted by Crippen LogP contribution is 2.12. The Morgan fingerprint density at radius 2 is 1.62 bits per heavy atom. The van der Waals surface area contributed by atoms with Crippen molar-refractivity contribution in [3.05, 3.63) is 0 Å². The van der Waals surface area contributed by atoms with Crippen LogP contribution < -0.4 is 5.84 Å². The van der Waals surface area contributed by atoms with E-state index in [-0.39, 0.29) is 13.1 Å². The fourth-order valence-corrected chi connectivity index (χ4v) is 0.751. The van der Waals surface area contributed by atoms with Gasteiger partial charge in [-0.25, -0.2) is 13.8 Å². The molecule has 1 rings (SSSR count). The Balaban J connectivity index is 2.39. The summed E-state index contributed by atoms with van der Waals surface area (Å²) in [6.07, 6.45) is -2.75. The Hall–Kier alpha value is -0.220. The monoisotopic (exact) mass is 122 g/mol. The quantitative estimate of drug-likeness (QED) is 0.453. The predicted molar refractivity (Wildman–Crippen MR) is 25.6 cm³/mol. The molecule has 2 N–H and O–H groups in total. The SMILES string of the molecule is NN1CC(F)C(F)C1. The molecule has 1 aliphatic heterocycles. The maximum atomic E-state index is 12.1. The van der Waals surface area contributed by atoms with E-state index in [4.69, 9.17) is 5.84 Å². The van der Waals surface area contributed by atoms with Gasteiger partial charge in [0, 0.05) is 13.1 Å². The van der Waals surface area contributed by atoms with Gasteiger partial charge in [0.1, 0.15) is 12.3 Å². The van der Waals surface area contributed by atoms with Crippen LogP contribution in [0.2, 0.25) is 0 Å². The van der Waals surface area contributed by atoms with Gasteiger partial charge < -0.3 is 0 Å². The molecular formula is C4H8F2N2. The molecule has 0 aromatic rings. The van der Waals surface area contributed by atoms with Gasteiger partial charge in [-0.15, -0.1) is 0 Å². The molecule has 0 aromatic heterocycles. The van der Waals surface area contributed by atoms with Gasteiger partial charge in [-0.2, -0.15) is 0 Å². The van der Waals surface area contributed by atoms with E-state index in [0.717, 1.165) is 5.01 Å². The van der Waals surface area contributed by atoms with E-state index >= 15 is 0 Å². The number of alkyl halides is 2. The van der Waals surface area contributed by atoms with Crippen LogP contribution in [0.4, 0.5) is 8.78 Å². The predicted octanol–water partition coefficient (Wildman–Crippen LogP) is -0.148. The summed E-state index contributed by atoms with van der Waals surface area (Å²) in [5.74, 6) is 5.07. The van der Waals surface area contributed by atoms with Gasteiger partial charge in [-0.05, 0) is 0 Å². The van der Waals surface area contributed by atoms with Crippen molar-refractivity contribution in [2.75, 3.05) is 13.1 Å². The molecule has 8 heavy (non-hydrogen) atoms. The van der Waals surface area contributed by atoms with Crippen molar-refractivity contribution in [1.82, 2.24) is 5.01 Å². The summed E-state index contributed by atoms with van der Waals surface area (Å²) in [6.45, 7) is 0.0579. The van der Waals surface area contributed by atoms with Gasteiger partial charge in [0.05, 0.1) is 0 Å². The summed E-state index contributed by atoms with van der Waals surface area (Å²) < 4.78 is 24.1. The number of nitrogens with zero attached hydrogens (tertiary/aromatic N) is 1. The van der Waals surface area contributed by atoms with Crippen molar-refractivity contribution < 1.29 is 8.78 Å². The Labute approximate surface area is 46.2 Å². The second-order valence-electron chi connectivity index (χ2n) is 1.99. The first-order valence-electron chi connectivity index (χ1n) is 2.48. The standard InChI is InChI=1S/C4H8F2N2/c5-3-1-8(7)2-4(3)6/h3-4H,1-2,7H2. The van der Waals surface area contributed by atoms with Crippen molar-refractivity contribution in [2.24, 2.45) is 5.84 Å². The normalized spacial score (nSPS) is 40.9. The van der Waals surface area contributed by atoms with Crippen LogP contribution in [0.5, 0.6) is 0 Å². The summed E-state index contributed by atoms with van der Waals surface area (Å²) in [5, 5.41) is 1.15. The molecule has 0 saturated carbocycles. The van der Waals surface area contributed by atoms with Crippen LogP contribution in [-0.2, 0) is 0 Å². The zero-order chi connectivity index (χ0) is 6.15. The molecule has 1 aliphatic rings. The van der Waals surface area contributed by atoms with Crippen LogP contribution in [0.15, 0.2) is 0 Å². The summed E-state index contributed by atoms with van der Waals surface area (Å²) in [4.78, 5) is 0. The summed E-state index contributed by atoms with van der Waals surface area (Å²) in [6, 6.07) is 0. The van der Waals surface area contributed by atoms with E-state index in [1.165, 1.54) is 0 Å². The number of hydrogen-bond donors (Lipinski definition) is 1. The molecule has 2 atom stereocenters. The lowest BCUT2D eigenvalue weighted by Gasteiger charge is -2.01. The molecule has 48 valence electrons. The van der Waals surface area contributed by atoms with Crippen molar-refractivity contribution in [2.45, 2.75) is 12.3 Å². The van der Waals surface area contributed by atoms with E-state index < -0.39 is 12.3 Å². The van der Waals surface area contributed by atoms with Crippen LogP contribution in [0.3, 0.4) is 0 Å². The molecule has 1 heterocycles. The molecule has 0 aliphatic carbocycles. The van der Waals surface area contributed by atoms with E-state index in [1.807, 2.05) is 0 Å². The smallest absolute Gasteiger partial charge is 0.146 e. The average Bonchev–Trinajstić information content (AvgIpc) is 1.85. The van der Waals surface area contributed by atoms with Crippen LogP contribution >= 0.6 is 0 Å². The van der Waals surface area contributed by atoms with Crippen molar-refractivity contribution >= 4 is 0 Å². The Morgan fingerprint density at radius 3 is 1.75 bits per heavy atom. The molecule has 2 unspecified atom stereocenters. The first kappa shape index (κ1) is 5.91. The first-order valence-corrected chi connectivity index (χ1v) is 2.48. The minimum Gasteiger partial charge on any atom is -0.269 e. The lowest BCUT2D eigenvalue weighted by Crippen LogP contribution is -2.28. The second-order valence-corrected chi connectivity index (χ2v) is 1.99. The van der Waals surface area contributed by atoms with Crippen molar-refractivity contribution in [3.63, 3.8) is 0 Å². The van der Waals surface area contributed by atoms with Gasteiger partial charge in [0.15, 0.2) is 0 Å². The Morgan fingerprint density at radius 1 is 1.25 bits per heavy atom. The molecule has 2 nitrogen and oxygen atoms in total. The maximum absolute atomic E-state index is 12.1. The number of nitrogens with two attached hydrogens (primary N) is 1. The van der Waals surface area contributed by atoms with Crippen LogP contribution in [0.1, 0.15) is 0 Å². The third kappa shape index (κ3) is 0.952. The second kappa shape index (κ2) is 1.95. The maximum Gasteiger partial charge on any atom is 0.146 e. The third-order valence-corrected chi connectivity index (χ3v) is 1.21. The van der Waals surface area contributed by atoms with E-state index in [1.54, 1.807) is 0 Å². The highest BCUT2D eigenvalue weighted by Gasteiger charge is 2.30. The molecule has 1 saturated heterocycles. The van der Waals surface area contributed by atoms with Gasteiger partial charge >= 0.3 is 0 Å². The molecule has 0 spiro atoms. The Kier molecular flexibility index (Phi) is 1.44. The third-order valence-electron chi connectivity index (χ3n) is 1.21. The minimum absolute atomic E-state index is 0.0289. The van der Waals surface area contributed by atoms with Crippen molar-refractivity contribution in [3.8, 4) is 0 Å². The number of halogens is 2. The summed E-state index contributed by atoms with van der Waals surface area (Å²) in [5.41, 5.74) is 0. The number of hydrazine groups is 1. The lowest BCUT2D eigenvalue weighted by atomic mass is 10.3. The van der Waals surface area contributed by atoms with Gasteiger partial charge in [0.25, 0.3) is 0 Å². The largest absolute Gasteiger partial charge is 0.269 e. The van der Waals surface area contributed by atoms with Crippen LogP contribution in [0, 0.1) is 0 Å². The fraction of sp³-hybridized carbons (Fsp3) is 1.00. The lowest BCUT2D eigenvalue weighted by molar-refractivity contribution is 0.217. The first-order chi connectivity index (χ1) is 3.70. The highest BCUT2D eigenvalue weighted by molar-refractivity contribution is 4.80. The zero-order valence-electron chi connectivity index (χ0n) is 4.35. The molecule has 4 heteroatoms. The van der Waals surface area contributed by atoms with Crippen LogP contribution in [0.25, 0.3) is 0 Å². The Bertz CT molecular complexity index is 78.1. The minimum atomic E-state index is -1.38. The molecule has 0 aromatic carbocycles. The molecule has 0 radical (unpaired) electrons. The van der Waals surface area contributed by atoms with Gasteiger partial charge in [-0.3, -0.25) is 5.84 Å².